The van der Waals surface area contributed by atoms with Gasteiger partial charge in [0.25, 0.3) is 0 Å². The molecule has 8 atom stereocenters. The first-order valence-corrected chi connectivity index (χ1v) is 15.6. The molecule has 3 heterocycles. The quantitative estimate of drug-likeness (QED) is 0.213. The van der Waals surface area contributed by atoms with E-state index < -0.39 is 54.4 Å². The molecule has 3 fully saturated rings. The van der Waals surface area contributed by atoms with Gasteiger partial charge in [0.15, 0.2) is 11.2 Å². The maximum absolute atomic E-state index is 16.3. The number of benzene rings is 1. The van der Waals surface area contributed by atoms with Gasteiger partial charge in [-0.05, 0) is 32.9 Å². The Morgan fingerprint density at radius 1 is 1.23 bits per heavy atom. The minimum Gasteiger partial charge on any atom is -0.479 e. The molecule has 15 heteroatoms. The minimum atomic E-state index is -4.06. The van der Waals surface area contributed by atoms with Crippen LogP contribution in [0.3, 0.4) is 0 Å². The number of halogens is 1. The number of esters is 1. The molecule has 2 aromatic heterocycles. The predicted molar refractivity (Wildman–Crippen MR) is 150 cm³/mol. The zero-order valence-corrected chi connectivity index (χ0v) is 25.4. The molecule has 3 aromatic rings. The van der Waals surface area contributed by atoms with E-state index in [1.165, 1.54) is 19.8 Å². The summed E-state index contributed by atoms with van der Waals surface area (Å²) in [5.41, 5.74) is -1.34. The van der Waals surface area contributed by atoms with Gasteiger partial charge in [-0.1, -0.05) is 25.1 Å². The molecular weight excluding hydrogens is 584 g/mol. The van der Waals surface area contributed by atoms with E-state index >= 15 is 4.39 Å². The van der Waals surface area contributed by atoms with Gasteiger partial charge in [0.2, 0.25) is 11.7 Å². The normalized spacial score (nSPS) is 32.5. The van der Waals surface area contributed by atoms with Crippen LogP contribution in [0.25, 0.3) is 11.2 Å². The number of methoxy groups -OCH3 is 1. The number of nitrogens with one attached hydrogen (secondary N) is 1. The van der Waals surface area contributed by atoms with Crippen LogP contribution in [0.15, 0.2) is 43.0 Å². The van der Waals surface area contributed by atoms with Crippen LogP contribution >= 0.6 is 7.75 Å². The Hall–Kier alpha value is -3.16. The lowest BCUT2D eigenvalue weighted by molar-refractivity contribution is -0.151. The third-order valence-electron chi connectivity index (χ3n) is 8.89. The largest absolute Gasteiger partial charge is 0.479 e. The lowest BCUT2D eigenvalue weighted by Gasteiger charge is -2.23. The van der Waals surface area contributed by atoms with Crippen molar-refractivity contribution in [1.82, 2.24) is 24.6 Å². The average molecular weight is 620 g/mol. The Kier molecular flexibility index (Phi) is 7.29. The van der Waals surface area contributed by atoms with Crippen LogP contribution in [-0.4, -0.2) is 75.0 Å². The molecule has 2 aliphatic carbocycles. The first-order chi connectivity index (χ1) is 20.4. The maximum Gasteiger partial charge on any atom is 0.458 e. The minimum absolute atomic E-state index is 0.0451. The monoisotopic (exact) mass is 619 g/mol. The fourth-order valence-corrected chi connectivity index (χ4v) is 8.12. The van der Waals surface area contributed by atoms with Crippen LogP contribution in [0.2, 0.25) is 0 Å². The molecule has 1 aliphatic heterocycles. The fourth-order valence-electron chi connectivity index (χ4n) is 6.67. The molecule has 0 radical (unpaired) electrons. The number of aliphatic hydroxyl groups is 1. The highest BCUT2D eigenvalue weighted by molar-refractivity contribution is 7.52. The number of ether oxygens (including phenoxy) is 3. The van der Waals surface area contributed by atoms with E-state index in [1.54, 1.807) is 62.6 Å². The molecule has 0 bridgehead atoms. The van der Waals surface area contributed by atoms with Crippen molar-refractivity contribution < 1.29 is 42.1 Å². The fraction of sp³-hybridized carbons (Fsp3) is 0.571. The zero-order valence-electron chi connectivity index (χ0n) is 24.5. The van der Waals surface area contributed by atoms with Gasteiger partial charge in [0.05, 0.1) is 50.2 Å². The number of para-hydroxylation sites is 1. The average Bonchev–Trinajstić information content (AvgIpc) is 3.56. The summed E-state index contributed by atoms with van der Waals surface area (Å²) in [5, 5.41) is 13.4. The number of hydrogen-bond acceptors (Lipinski definition) is 11. The molecule has 0 amide bonds. The Morgan fingerprint density at radius 3 is 2.65 bits per heavy atom. The molecule has 2 N–H and O–H groups in total. The van der Waals surface area contributed by atoms with Gasteiger partial charge < -0.3 is 28.4 Å². The van der Waals surface area contributed by atoms with Gasteiger partial charge in [-0.25, -0.2) is 24.0 Å². The van der Waals surface area contributed by atoms with E-state index in [4.69, 9.17) is 23.3 Å². The van der Waals surface area contributed by atoms with Crippen molar-refractivity contribution in [2.75, 3.05) is 26.9 Å². The van der Waals surface area contributed by atoms with Crippen molar-refractivity contribution in [2.45, 2.75) is 51.3 Å². The number of alkyl halides is 1. The van der Waals surface area contributed by atoms with Crippen molar-refractivity contribution in [3.8, 4) is 11.6 Å². The lowest BCUT2D eigenvalue weighted by atomic mass is 9.95. The summed E-state index contributed by atoms with van der Waals surface area (Å²) < 4.78 is 60.1. The number of imidazole rings is 1. The summed E-state index contributed by atoms with van der Waals surface area (Å²) in [6, 6.07) is 7.67. The molecule has 13 nitrogen and oxygen atoms in total. The van der Waals surface area contributed by atoms with Crippen molar-refractivity contribution in [2.24, 2.45) is 23.2 Å². The zero-order chi connectivity index (χ0) is 30.8. The highest BCUT2D eigenvalue weighted by Crippen LogP contribution is 2.87. The number of fused-ring (bicyclic) bond motifs is 4. The summed E-state index contributed by atoms with van der Waals surface area (Å²) in [6.07, 6.45) is 2.47. The lowest BCUT2D eigenvalue weighted by Crippen LogP contribution is -2.30. The molecule has 6 rings (SSSR count). The van der Waals surface area contributed by atoms with E-state index in [0.717, 1.165) is 0 Å². The van der Waals surface area contributed by atoms with Crippen molar-refractivity contribution in [1.29, 1.82) is 0 Å². The van der Waals surface area contributed by atoms with E-state index in [9.17, 15) is 14.5 Å². The summed E-state index contributed by atoms with van der Waals surface area (Å²) >= 11 is 0. The Bertz CT molecular complexity index is 1580. The van der Waals surface area contributed by atoms with Gasteiger partial charge in [-0.3, -0.25) is 9.32 Å². The SMILES string of the molecule is COc1ncnc2c1ncn2[C@H]1C2C1(F)OC1(C)[C@H](COP(=O)(NC[C@@H](C)C(=O)OC(C)C)Oc3ccccc3)C21CO. The predicted octanol–water partition coefficient (Wildman–Crippen LogP) is 3.45. The third kappa shape index (κ3) is 4.62. The van der Waals surface area contributed by atoms with Gasteiger partial charge in [-0.15, -0.1) is 0 Å². The number of aromatic nitrogens is 4. The standard InChI is InChI=1S/C28H35FN5O8P/c1-16(2)40-25(36)17(3)11-33-43(37,41-18-9-7-6-8-10-18)39-12-19-26(4)27(19,13-35)21-22(28(21,29)42-26)34-15-32-20-23(34)30-14-31-24(20)38-5/h6-10,14-17,19,21-22,35H,11-13H2,1-5H3,(H,33,37)/t17-,19+,21?,22+,26?,27?,28?,43?/m1/s1. The Morgan fingerprint density at radius 2 is 1.98 bits per heavy atom. The Balaban J connectivity index is 1.20. The smallest absolute Gasteiger partial charge is 0.458 e. The van der Waals surface area contributed by atoms with Gasteiger partial charge in [-0.2, -0.15) is 4.98 Å². The van der Waals surface area contributed by atoms with E-state index in [0.29, 0.717) is 16.9 Å². The van der Waals surface area contributed by atoms with Crippen LogP contribution in [0.4, 0.5) is 4.39 Å². The van der Waals surface area contributed by atoms with Crippen molar-refractivity contribution in [3.63, 3.8) is 0 Å². The third-order valence-corrected chi connectivity index (χ3v) is 10.4. The highest BCUT2D eigenvalue weighted by Gasteiger charge is 2.97. The summed E-state index contributed by atoms with van der Waals surface area (Å²) in [5.74, 6) is -3.86. The van der Waals surface area contributed by atoms with Crippen molar-refractivity contribution >= 4 is 24.9 Å². The summed E-state index contributed by atoms with van der Waals surface area (Å²) in [6.45, 7) is 6.25. The molecule has 43 heavy (non-hydrogen) atoms. The molecule has 0 spiro atoms. The first-order valence-electron chi connectivity index (χ1n) is 14.1. The van der Waals surface area contributed by atoms with Gasteiger partial charge in [0, 0.05) is 17.9 Å². The molecule has 1 saturated heterocycles. The molecule has 3 aliphatic rings. The Labute approximate surface area is 247 Å². The highest BCUT2D eigenvalue weighted by atomic mass is 31.2. The summed E-state index contributed by atoms with van der Waals surface area (Å²) in [4.78, 5) is 25.0. The molecule has 1 aromatic carbocycles. The second-order valence-corrected chi connectivity index (χ2v) is 13.5. The van der Waals surface area contributed by atoms with Crippen LogP contribution in [0.1, 0.15) is 33.7 Å². The number of aliphatic hydroxyl groups excluding tert-OH is 1. The van der Waals surface area contributed by atoms with E-state index in [-0.39, 0.29) is 31.7 Å². The van der Waals surface area contributed by atoms with Crippen LogP contribution < -0.4 is 14.3 Å². The van der Waals surface area contributed by atoms with Gasteiger partial charge in [0.1, 0.15) is 18.1 Å². The molecule has 232 valence electrons. The van der Waals surface area contributed by atoms with E-state index in [2.05, 4.69) is 20.0 Å². The maximum atomic E-state index is 16.3. The second kappa shape index (κ2) is 10.5. The number of rotatable bonds is 13. The number of nitrogens with zero attached hydrogens (tertiary/aromatic N) is 4. The second-order valence-electron chi connectivity index (χ2n) is 11.7. The number of hydrogen-bond donors (Lipinski definition) is 2. The van der Waals surface area contributed by atoms with Crippen LogP contribution in [0.5, 0.6) is 11.6 Å². The first kappa shape index (κ1) is 29.9. The van der Waals surface area contributed by atoms with Crippen molar-refractivity contribution in [3.05, 3.63) is 43.0 Å². The topological polar surface area (TPSA) is 156 Å². The van der Waals surface area contributed by atoms with Crippen LogP contribution in [-0.2, 0) is 23.4 Å². The van der Waals surface area contributed by atoms with E-state index in [1.807, 2.05) is 0 Å². The number of carbonyl (C=O) groups excluding carboxylic acids is 1. The number of carbonyl (C=O) groups is 1. The van der Waals surface area contributed by atoms with Crippen LogP contribution in [0, 0.1) is 23.2 Å². The molecule has 5 unspecified atom stereocenters. The summed E-state index contributed by atoms with van der Waals surface area (Å²) in [7, 11) is -2.60. The molecular formula is C28H35FN5O8P. The van der Waals surface area contributed by atoms with Gasteiger partial charge >= 0.3 is 13.7 Å². The molecule has 2 saturated carbocycles.